The fraction of sp³-hybridized carbons (Fsp3) is 0.211. The van der Waals surface area contributed by atoms with Crippen molar-refractivity contribution in [3.05, 3.63) is 56.5 Å². The average Bonchev–Trinajstić information content (AvgIpc) is 2.68. The van der Waals surface area contributed by atoms with Crippen LogP contribution in [0.4, 0.5) is 16.2 Å². The number of nitrogens with one attached hydrogen (secondary N) is 3. The van der Waals surface area contributed by atoms with Crippen LogP contribution in [0.15, 0.2) is 36.4 Å². The monoisotopic (exact) mass is 488 g/mol. The van der Waals surface area contributed by atoms with Crippen molar-refractivity contribution in [1.29, 1.82) is 0 Å². The molecule has 2 aromatic carbocycles. The van der Waals surface area contributed by atoms with Gasteiger partial charge in [0.1, 0.15) is 6.04 Å². The minimum absolute atomic E-state index is 0.221. The second kappa shape index (κ2) is 9.75. The van der Waals surface area contributed by atoms with Gasteiger partial charge in [-0.25, -0.2) is 4.79 Å². The van der Waals surface area contributed by atoms with Gasteiger partial charge < -0.3 is 20.9 Å². The first-order valence-electron chi connectivity index (χ1n) is 8.80. The van der Waals surface area contributed by atoms with Crippen molar-refractivity contribution in [3.63, 3.8) is 0 Å². The van der Waals surface area contributed by atoms with Crippen LogP contribution in [0.3, 0.4) is 0 Å². The van der Waals surface area contributed by atoms with Crippen molar-refractivity contribution in [2.24, 2.45) is 0 Å². The van der Waals surface area contributed by atoms with Crippen LogP contribution in [0, 0.1) is 0 Å². The van der Waals surface area contributed by atoms with Crippen LogP contribution in [-0.2, 0) is 9.59 Å². The summed E-state index contributed by atoms with van der Waals surface area (Å²) >= 11 is 23.9. The molecule has 7 nitrogen and oxygen atoms in total. The number of halogens is 4. The Bertz CT molecular complexity index is 1000. The van der Waals surface area contributed by atoms with Gasteiger partial charge in [-0.3, -0.25) is 9.59 Å². The summed E-state index contributed by atoms with van der Waals surface area (Å²) < 4.78 is 0. The predicted octanol–water partition coefficient (Wildman–Crippen LogP) is 4.66. The zero-order valence-corrected chi connectivity index (χ0v) is 18.4. The fourth-order valence-corrected chi connectivity index (χ4v) is 3.70. The molecule has 4 amide bonds. The predicted molar refractivity (Wildman–Crippen MR) is 119 cm³/mol. The Labute approximate surface area is 192 Å². The van der Waals surface area contributed by atoms with Gasteiger partial charge in [0.15, 0.2) is 0 Å². The van der Waals surface area contributed by atoms with Gasteiger partial charge in [0.25, 0.3) is 0 Å². The maximum absolute atomic E-state index is 12.8. The van der Waals surface area contributed by atoms with Crippen LogP contribution in [0.25, 0.3) is 0 Å². The van der Waals surface area contributed by atoms with Crippen LogP contribution in [0.5, 0.6) is 0 Å². The highest BCUT2D eigenvalue weighted by Crippen LogP contribution is 2.27. The van der Waals surface area contributed by atoms with Gasteiger partial charge in [-0.05, 0) is 36.4 Å². The van der Waals surface area contributed by atoms with E-state index < -0.39 is 23.9 Å². The van der Waals surface area contributed by atoms with Crippen molar-refractivity contribution in [3.8, 4) is 0 Å². The molecular weight excluding hydrogens is 474 g/mol. The van der Waals surface area contributed by atoms with Crippen molar-refractivity contribution >= 4 is 75.6 Å². The molecule has 1 aliphatic rings. The summed E-state index contributed by atoms with van der Waals surface area (Å²) in [5.41, 5.74) is 0.653. The lowest BCUT2D eigenvalue weighted by molar-refractivity contribution is -0.130. The van der Waals surface area contributed by atoms with Gasteiger partial charge in [-0.1, -0.05) is 46.4 Å². The van der Waals surface area contributed by atoms with Crippen molar-refractivity contribution < 1.29 is 14.4 Å². The summed E-state index contributed by atoms with van der Waals surface area (Å²) in [7, 11) is 0. The molecule has 158 valence electrons. The molecule has 0 spiro atoms. The summed E-state index contributed by atoms with van der Waals surface area (Å²) in [6, 6.07) is 7.67. The molecular formula is C19H16Cl4N4O3. The highest BCUT2D eigenvalue weighted by Gasteiger charge is 2.35. The largest absolute Gasteiger partial charge is 0.353 e. The van der Waals surface area contributed by atoms with Crippen molar-refractivity contribution in [1.82, 2.24) is 10.2 Å². The highest BCUT2D eigenvalue weighted by molar-refractivity contribution is 6.37. The summed E-state index contributed by atoms with van der Waals surface area (Å²) in [5, 5.41) is 9.28. The Morgan fingerprint density at radius 2 is 1.67 bits per heavy atom. The molecule has 0 aliphatic carbocycles. The zero-order valence-electron chi connectivity index (χ0n) is 15.3. The molecule has 1 heterocycles. The Morgan fingerprint density at radius 3 is 2.40 bits per heavy atom. The standard InChI is InChI=1S/C19H16Cl4N4O3/c20-10-2-4-14(13(23)7-10)26-19(30)27-6-5-24-18(29)16(27)9-17(28)25-15-8-11(21)1-3-12(15)22/h1-4,7-8,16H,5-6,9H2,(H,24,29)(H,25,28)(H,26,30). The van der Waals surface area contributed by atoms with Crippen LogP contribution in [0.1, 0.15) is 6.42 Å². The number of anilines is 2. The molecule has 1 aliphatic heterocycles. The van der Waals surface area contributed by atoms with E-state index in [2.05, 4.69) is 16.0 Å². The molecule has 0 saturated carbocycles. The quantitative estimate of drug-likeness (QED) is 0.583. The van der Waals surface area contributed by atoms with Gasteiger partial charge >= 0.3 is 6.03 Å². The number of hydrogen-bond donors (Lipinski definition) is 3. The number of carbonyl (C=O) groups excluding carboxylic acids is 3. The summed E-state index contributed by atoms with van der Waals surface area (Å²) in [6.07, 6.45) is -0.267. The van der Waals surface area contributed by atoms with Crippen LogP contribution in [-0.4, -0.2) is 41.9 Å². The van der Waals surface area contributed by atoms with Crippen LogP contribution in [0.2, 0.25) is 20.1 Å². The van der Waals surface area contributed by atoms with Crippen LogP contribution < -0.4 is 16.0 Å². The smallest absolute Gasteiger partial charge is 0.322 e. The molecule has 1 atom stereocenters. The normalized spacial score (nSPS) is 16.1. The lowest BCUT2D eigenvalue weighted by Crippen LogP contribution is -2.59. The van der Waals surface area contributed by atoms with Gasteiger partial charge in [-0.15, -0.1) is 0 Å². The third-order valence-corrected chi connectivity index (χ3v) is 5.46. The molecule has 0 radical (unpaired) electrons. The van der Waals surface area contributed by atoms with Gasteiger partial charge in [0, 0.05) is 23.1 Å². The first kappa shape index (κ1) is 22.5. The summed E-state index contributed by atoms with van der Waals surface area (Å²) in [4.78, 5) is 39.0. The Morgan fingerprint density at radius 1 is 0.967 bits per heavy atom. The molecule has 30 heavy (non-hydrogen) atoms. The molecule has 1 saturated heterocycles. The van der Waals surface area contributed by atoms with Crippen molar-refractivity contribution in [2.45, 2.75) is 12.5 Å². The number of urea groups is 1. The van der Waals surface area contributed by atoms with E-state index in [0.717, 1.165) is 0 Å². The Balaban J connectivity index is 1.72. The maximum atomic E-state index is 12.8. The molecule has 1 fully saturated rings. The van der Waals surface area contributed by atoms with E-state index in [9.17, 15) is 14.4 Å². The number of nitrogens with zero attached hydrogens (tertiary/aromatic N) is 1. The summed E-state index contributed by atoms with van der Waals surface area (Å²) in [5.74, 6) is -0.936. The Kier molecular flexibility index (Phi) is 7.31. The van der Waals surface area contributed by atoms with Crippen LogP contribution >= 0.6 is 46.4 Å². The molecule has 1 unspecified atom stereocenters. The number of amides is 4. The first-order chi connectivity index (χ1) is 14.2. The van der Waals surface area contributed by atoms with E-state index in [0.29, 0.717) is 26.4 Å². The average molecular weight is 490 g/mol. The topological polar surface area (TPSA) is 90.5 Å². The van der Waals surface area contributed by atoms with Gasteiger partial charge in [-0.2, -0.15) is 0 Å². The molecule has 3 rings (SSSR count). The molecule has 0 bridgehead atoms. The van der Waals surface area contributed by atoms with E-state index in [1.807, 2.05) is 0 Å². The van der Waals surface area contributed by atoms with Gasteiger partial charge in [0.05, 0.1) is 27.8 Å². The molecule has 0 aromatic heterocycles. The second-order valence-corrected chi connectivity index (χ2v) is 8.12. The minimum Gasteiger partial charge on any atom is -0.353 e. The maximum Gasteiger partial charge on any atom is 0.322 e. The van der Waals surface area contributed by atoms with Crippen molar-refractivity contribution in [2.75, 3.05) is 23.7 Å². The lowest BCUT2D eigenvalue weighted by Gasteiger charge is -2.34. The summed E-state index contributed by atoms with van der Waals surface area (Å²) in [6.45, 7) is 0.484. The number of hydrogen-bond acceptors (Lipinski definition) is 3. The number of rotatable bonds is 4. The highest BCUT2D eigenvalue weighted by atomic mass is 35.5. The van der Waals surface area contributed by atoms with E-state index >= 15 is 0 Å². The second-order valence-electron chi connectivity index (χ2n) is 6.43. The number of carbonyl (C=O) groups is 3. The first-order valence-corrected chi connectivity index (χ1v) is 10.3. The SMILES string of the molecule is O=C(CC1C(=O)NCCN1C(=O)Nc1ccc(Cl)cc1Cl)Nc1cc(Cl)ccc1Cl. The molecule has 3 N–H and O–H groups in total. The lowest BCUT2D eigenvalue weighted by atomic mass is 10.1. The van der Waals surface area contributed by atoms with E-state index in [1.54, 1.807) is 24.3 Å². The third-order valence-electron chi connectivity index (χ3n) is 4.35. The molecule has 11 heteroatoms. The number of piperazine rings is 1. The third kappa shape index (κ3) is 5.49. The van der Waals surface area contributed by atoms with E-state index in [1.165, 1.54) is 17.0 Å². The minimum atomic E-state index is -1.01. The zero-order chi connectivity index (χ0) is 21.8. The van der Waals surface area contributed by atoms with E-state index in [4.69, 9.17) is 46.4 Å². The molecule has 2 aromatic rings. The fourth-order valence-electron chi connectivity index (χ4n) is 2.91. The van der Waals surface area contributed by atoms with Gasteiger partial charge in [0.2, 0.25) is 11.8 Å². The van der Waals surface area contributed by atoms with E-state index in [-0.39, 0.29) is 24.5 Å². The number of benzene rings is 2. The Hall–Kier alpha value is -2.19.